The minimum Gasteiger partial charge on any atom is -0.492 e. The highest BCUT2D eigenvalue weighted by molar-refractivity contribution is 5.92. The van der Waals surface area contributed by atoms with Crippen LogP contribution in [0.1, 0.15) is 51.5 Å². The Hall–Kier alpha value is -2.08. The lowest BCUT2D eigenvalue weighted by Crippen LogP contribution is -2.36. The average molecular weight is 416 g/mol. The van der Waals surface area contributed by atoms with Crippen LogP contribution in [0, 0.1) is 12.8 Å². The molecule has 1 aliphatic heterocycles. The standard InChI is InChI=1S/C24H37N3O3/c1-18-23(8-7-9-24(18)30-15-14-26-12-5-6-13-26)27(20(3)29)17-21-10-11-22(16-21)25(4)19(2)28/h7-9,21-22H,5-6,10-17H2,1-4H3/t21-,22+/m0/s1. The number of benzene rings is 1. The average Bonchev–Trinajstić information content (AvgIpc) is 3.39. The number of amides is 2. The molecule has 6 nitrogen and oxygen atoms in total. The van der Waals surface area contributed by atoms with Crippen LogP contribution in [0.25, 0.3) is 0 Å². The van der Waals surface area contributed by atoms with Gasteiger partial charge in [0.1, 0.15) is 12.4 Å². The molecular formula is C24H37N3O3. The van der Waals surface area contributed by atoms with Gasteiger partial charge in [0.15, 0.2) is 0 Å². The Bertz CT molecular complexity index is 745. The molecule has 0 unspecified atom stereocenters. The van der Waals surface area contributed by atoms with Crippen molar-refractivity contribution in [1.82, 2.24) is 9.80 Å². The minimum atomic E-state index is 0.0516. The summed E-state index contributed by atoms with van der Waals surface area (Å²) in [5.41, 5.74) is 1.95. The van der Waals surface area contributed by atoms with Gasteiger partial charge in [0.05, 0.1) is 5.69 Å². The zero-order valence-electron chi connectivity index (χ0n) is 19.0. The van der Waals surface area contributed by atoms with Crippen molar-refractivity contribution in [2.24, 2.45) is 5.92 Å². The summed E-state index contributed by atoms with van der Waals surface area (Å²) in [4.78, 5) is 30.4. The van der Waals surface area contributed by atoms with Crippen LogP contribution in [0.15, 0.2) is 18.2 Å². The molecule has 2 fully saturated rings. The highest BCUT2D eigenvalue weighted by Crippen LogP contribution is 2.34. The third kappa shape index (κ3) is 5.54. The largest absolute Gasteiger partial charge is 0.492 e. The van der Waals surface area contributed by atoms with Crippen LogP contribution in [-0.4, -0.2) is 67.5 Å². The van der Waals surface area contributed by atoms with Crippen molar-refractivity contribution in [2.75, 3.05) is 44.7 Å². The van der Waals surface area contributed by atoms with Crippen LogP contribution in [0.5, 0.6) is 5.75 Å². The van der Waals surface area contributed by atoms with E-state index in [0.717, 1.165) is 42.8 Å². The Labute approximate surface area is 181 Å². The fraction of sp³-hybridized carbons (Fsp3) is 0.667. The summed E-state index contributed by atoms with van der Waals surface area (Å²) in [6, 6.07) is 6.26. The van der Waals surface area contributed by atoms with Crippen LogP contribution in [-0.2, 0) is 9.59 Å². The molecule has 2 atom stereocenters. The smallest absolute Gasteiger partial charge is 0.223 e. The van der Waals surface area contributed by atoms with Crippen molar-refractivity contribution in [2.45, 2.75) is 58.9 Å². The molecule has 1 saturated carbocycles. The molecule has 30 heavy (non-hydrogen) atoms. The van der Waals surface area contributed by atoms with Crippen LogP contribution in [0.3, 0.4) is 0 Å². The highest BCUT2D eigenvalue weighted by Gasteiger charge is 2.31. The SMILES string of the molecule is CC(=O)N(C[C@H]1CC[C@@H](N(C)C(C)=O)C1)c1cccc(OCCN2CCCC2)c1C. The van der Waals surface area contributed by atoms with E-state index in [4.69, 9.17) is 4.74 Å². The van der Waals surface area contributed by atoms with Gasteiger partial charge in [-0.05, 0) is 70.2 Å². The number of hydrogen-bond donors (Lipinski definition) is 0. The summed E-state index contributed by atoms with van der Waals surface area (Å²) in [6.07, 6.45) is 5.56. The summed E-state index contributed by atoms with van der Waals surface area (Å²) in [5.74, 6) is 1.42. The van der Waals surface area contributed by atoms with E-state index in [9.17, 15) is 9.59 Å². The van der Waals surface area contributed by atoms with Gasteiger partial charge in [0.25, 0.3) is 0 Å². The molecule has 2 amide bonds. The molecular weight excluding hydrogens is 378 g/mol. The second-order valence-corrected chi connectivity index (χ2v) is 8.89. The Kier molecular flexibility index (Phi) is 7.75. The summed E-state index contributed by atoms with van der Waals surface area (Å²) in [5, 5.41) is 0. The molecule has 6 heteroatoms. The molecule has 166 valence electrons. The van der Waals surface area contributed by atoms with Crippen LogP contribution >= 0.6 is 0 Å². The number of rotatable bonds is 8. The molecule has 1 saturated heterocycles. The minimum absolute atomic E-state index is 0.0516. The van der Waals surface area contributed by atoms with Gasteiger partial charge in [-0.1, -0.05) is 6.07 Å². The van der Waals surface area contributed by atoms with Crippen molar-refractivity contribution in [3.63, 3.8) is 0 Å². The molecule has 1 aromatic rings. The molecule has 2 aliphatic rings. The zero-order valence-corrected chi connectivity index (χ0v) is 19.0. The van der Waals surface area contributed by atoms with E-state index in [1.807, 2.05) is 42.0 Å². The number of ether oxygens (including phenoxy) is 1. The quantitative estimate of drug-likeness (QED) is 0.652. The molecule has 0 spiro atoms. The lowest BCUT2D eigenvalue weighted by molar-refractivity contribution is -0.129. The van der Waals surface area contributed by atoms with Crippen molar-refractivity contribution < 1.29 is 14.3 Å². The van der Waals surface area contributed by atoms with Crippen LogP contribution in [0.4, 0.5) is 5.69 Å². The number of anilines is 1. The number of nitrogens with zero attached hydrogens (tertiary/aromatic N) is 3. The Morgan fingerprint density at radius 3 is 2.53 bits per heavy atom. The predicted octanol–water partition coefficient (Wildman–Crippen LogP) is 3.47. The lowest BCUT2D eigenvalue weighted by atomic mass is 10.0. The monoisotopic (exact) mass is 415 g/mol. The maximum Gasteiger partial charge on any atom is 0.223 e. The number of carbonyl (C=O) groups is 2. The Morgan fingerprint density at radius 2 is 1.87 bits per heavy atom. The number of likely N-dealkylation sites (tertiary alicyclic amines) is 1. The topological polar surface area (TPSA) is 53.1 Å². The van der Waals surface area contributed by atoms with E-state index in [1.54, 1.807) is 13.8 Å². The first-order valence-corrected chi connectivity index (χ1v) is 11.3. The van der Waals surface area contributed by atoms with Crippen LogP contribution in [0.2, 0.25) is 0 Å². The van der Waals surface area contributed by atoms with Gasteiger partial charge in [-0.2, -0.15) is 0 Å². The second-order valence-electron chi connectivity index (χ2n) is 8.89. The normalized spacial score (nSPS) is 21.6. The zero-order chi connectivity index (χ0) is 21.7. The maximum atomic E-state index is 12.5. The second kappa shape index (κ2) is 10.3. The van der Waals surface area contributed by atoms with Crippen molar-refractivity contribution in [3.8, 4) is 5.75 Å². The van der Waals surface area contributed by atoms with E-state index >= 15 is 0 Å². The van der Waals surface area contributed by atoms with Gasteiger partial charge in [-0.25, -0.2) is 0 Å². The molecule has 1 aromatic carbocycles. The molecule has 3 rings (SSSR count). The molecule has 0 N–H and O–H groups in total. The Morgan fingerprint density at radius 1 is 1.13 bits per heavy atom. The third-order valence-electron chi connectivity index (χ3n) is 6.79. The lowest BCUT2D eigenvalue weighted by Gasteiger charge is -2.28. The van der Waals surface area contributed by atoms with Gasteiger partial charge in [-0.3, -0.25) is 14.5 Å². The van der Waals surface area contributed by atoms with Gasteiger partial charge in [0.2, 0.25) is 11.8 Å². The summed E-state index contributed by atoms with van der Waals surface area (Å²) < 4.78 is 6.09. The van der Waals surface area contributed by atoms with Gasteiger partial charge in [0, 0.05) is 45.6 Å². The van der Waals surface area contributed by atoms with E-state index in [0.29, 0.717) is 19.1 Å². The summed E-state index contributed by atoms with van der Waals surface area (Å²) in [6.45, 7) is 9.94. The third-order valence-corrected chi connectivity index (χ3v) is 6.79. The van der Waals surface area contributed by atoms with Crippen LogP contribution < -0.4 is 9.64 Å². The molecule has 0 radical (unpaired) electrons. The fourth-order valence-corrected chi connectivity index (χ4v) is 4.82. The molecule has 1 heterocycles. The molecule has 0 aromatic heterocycles. The van der Waals surface area contributed by atoms with Crippen molar-refractivity contribution >= 4 is 17.5 Å². The highest BCUT2D eigenvalue weighted by atomic mass is 16.5. The van der Waals surface area contributed by atoms with Gasteiger partial charge in [-0.15, -0.1) is 0 Å². The maximum absolute atomic E-state index is 12.5. The molecule has 1 aliphatic carbocycles. The fourth-order valence-electron chi connectivity index (χ4n) is 4.82. The summed E-state index contributed by atoms with van der Waals surface area (Å²) >= 11 is 0. The molecule has 0 bridgehead atoms. The van der Waals surface area contributed by atoms with E-state index in [-0.39, 0.29) is 17.9 Å². The number of carbonyl (C=O) groups excluding carboxylic acids is 2. The first-order valence-electron chi connectivity index (χ1n) is 11.3. The van der Waals surface area contributed by atoms with Gasteiger partial charge < -0.3 is 14.5 Å². The van der Waals surface area contributed by atoms with E-state index in [1.165, 1.54) is 25.9 Å². The Balaban J connectivity index is 1.64. The first-order chi connectivity index (χ1) is 14.4. The van der Waals surface area contributed by atoms with Crippen molar-refractivity contribution in [3.05, 3.63) is 23.8 Å². The van der Waals surface area contributed by atoms with Crippen molar-refractivity contribution in [1.29, 1.82) is 0 Å². The van der Waals surface area contributed by atoms with Gasteiger partial charge >= 0.3 is 0 Å². The summed E-state index contributed by atoms with van der Waals surface area (Å²) in [7, 11) is 1.88. The first kappa shape index (κ1) is 22.6. The van der Waals surface area contributed by atoms with E-state index in [2.05, 4.69) is 4.90 Å². The number of hydrogen-bond acceptors (Lipinski definition) is 4. The van der Waals surface area contributed by atoms with E-state index < -0.39 is 0 Å². The predicted molar refractivity (Wildman–Crippen MR) is 120 cm³/mol.